The number of anilines is 1. The van der Waals surface area contributed by atoms with Crippen molar-refractivity contribution in [2.75, 3.05) is 31.6 Å². The topological polar surface area (TPSA) is 71.7 Å². The minimum Gasteiger partial charge on any atom is -0.465 e. The van der Waals surface area contributed by atoms with Gasteiger partial charge in [-0.15, -0.1) is 0 Å². The fourth-order valence-corrected chi connectivity index (χ4v) is 3.70. The second kappa shape index (κ2) is 8.67. The van der Waals surface area contributed by atoms with Gasteiger partial charge in [-0.3, -0.25) is 4.90 Å². The average molecular weight is 406 g/mol. The van der Waals surface area contributed by atoms with Gasteiger partial charge in [0.25, 0.3) is 0 Å². The van der Waals surface area contributed by atoms with E-state index >= 15 is 0 Å². The predicted molar refractivity (Wildman–Crippen MR) is 114 cm³/mol. The van der Waals surface area contributed by atoms with Crippen molar-refractivity contribution < 1.29 is 14.1 Å². The van der Waals surface area contributed by atoms with E-state index in [4.69, 9.17) is 9.26 Å². The van der Waals surface area contributed by atoms with Crippen molar-refractivity contribution in [2.45, 2.75) is 26.4 Å². The third-order valence-electron chi connectivity index (χ3n) is 5.53. The van der Waals surface area contributed by atoms with Gasteiger partial charge in [0.1, 0.15) is 0 Å². The van der Waals surface area contributed by atoms with Crippen molar-refractivity contribution in [3.63, 3.8) is 0 Å². The summed E-state index contributed by atoms with van der Waals surface area (Å²) in [7, 11) is 1.39. The van der Waals surface area contributed by atoms with Gasteiger partial charge in [0.2, 0.25) is 11.7 Å². The van der Waals surface area contributed by atoms with Crippen LogP contribution in [-0.2, 0) is 11.3 Å². The fourth-order valence-electron chi connectivity index (χ4n) is 3.70. The third kappa shape index (κ3) is 4.36. The predicted octanol–water partition coefficient (Wildman–Crippen LogP) is 3.54. The van der Waals surface area contributed by atoms with Crippen molar-refractivity contribution >= 4 is 11.7 Å². The Morgan fingerprint density at radius 3 is 2.53 bits per heavy atom. The molecule has 1 fully saturated rings. The second-order valence-corrected chi connectivity index (χ2v) is 7.68. The van der Waals surface area contributed by atoms with E-state index in [9.17, 15) is 4.79 Å². The number of hydrogen-bond donors (Lipinski definition) is 0. The van der Waals surface area contributed by atoms with E-state index in [1.807, 2.05) is 48.5 Å². The van der Waals surface area contributed by atoms with Gasteiger partial charge in [0.15, 0.2) is 0 Å². The van der Waals surface area contributed by atoms with Crippen molar-refractivity contribution in [3.8, 4) is 11.4 Å². The van der Waals surface area contributed by atoms with Crippen molar-refractivity contribution in [2.24, 2.45) is 0 Å². The first-order valence-corrected chi connectivity index (χ1v) is 10.1. The van der Waals surface area contributed by atoms with Gasteiger partial charge in [0.05, 0.1) is 19.2 Å². The molecule has 1 aliphatic rings. The van der Waals surface area contributed by atoms with Crippen molar-refractivity contribution in [1.29, 1.82) is 0 Å². The van der Waals surface area contributed by atoms with Crippen LogP contribution < -0.4 is 4.90 Å². The largest absolute Gasteiger partial charge is 0.465 e. The Kier molecular flexibility index (Phi) is 5.81. The smallest absolute Gasteiger partial charge is 0.337 e. The lowest BCUT2D eigenvalue weighted by Gasteiger charge is -2.40. The van der Waals surface area contributed by atoms with Crippen molar-refractivity contribution in [1.82, 2.24) is 15.0 Å². The molecule has 0 aliphatic carbocycles. The molecule has 0 spiro atoms. The number of aryl methyl sites for hydroxylation is 1. The number of hydrogen-bond acceptors (Lipinski definition) is 7. The molecule has 156 valence electrons. The summed E-state index contributed by atoms with van der Waals surface area (Å²) in [5.74, 6) is 0.944. The molecule has 1 unspecified atom stereocenters. The van der Waals surface area contributed by atoms with Crippen LogP contribution in [0.1, 0.15) is 28.7 Å². The minimum absolute atomic E-state index is 0.315. The number of methoxy groups -OCH3 is 1. The molecule has 0 amide bonds. The van der Waals surface area contributed by atoms with E-state index in [1.165, 1.54) is 12.7 Å². The third-order valence-corrected chi connectivity index (χ3v) is 5.53. The lowest BCUT2D eigenvalue weighted by molar-refractivity contribution is 0.0600. The molecular formula is C23H26N4O3. The molecule has 0 bridgehead atoms. The zero-order valence-electron chi connectivity index (χ0n) is 17.5. The van der Waals surface area contributed by atoms with E-state index in [2.05, 4.69) is 33.8 Å². The Hall–Kier alpha value is -3.19. The molecule has 7 nitrogen and oxygen atoms in total. The zero-order valence-corrected chi connectivity index (χ0v) is 17.5. The first kappa shape index (κ1) is 20.1. The summed E-state index contributed by atoms with van der Waals surface area (Å²) >= 11 is 0. The van der Waals surface area contributed by atoms with Crippen LogP contribution in [0.5, 0.6) is 0 Å². The highest BCUT2D eigenvalue weighted by molar-refractivity contribution is 5.89. The molecule has 1 atom stereocenters. The van der Waals surface area contributed by atoms with Gasteiger partial charge in [0, 0.05) is 36.9 Å². The lowest BCUT2D eigenvalue weighted by Crippen LogP contribution is -2.51. The first-order chi connectivity index (χ1) is 14.5. The summed E-state index contributed by atoms with van der Waals surface area (Å²) < 4.78 is 10.3. The zero-order chi connectivity index (χ0) is 21.1. The monoisotopic (exact) mass is 406 g/mol. The molecule has 1 aromatic heterocycles. The minimum atomic E-state index is -0.315. The SMILES string of the molecule is COC(=O)c1ccc(N2CCN(Cc3nc(-c4ccc(C)cc4)no3)C(C)C2)cc1. The molecule has 4 rings (SSSR count). The normalized spacial score (nSPS) is 17.2. The highest BCUT2D eigenvalue weighted by Crippen LogP contribution is 2.22. The van der Waals surface area contributed by atoms with Crippen LogP contribution in [0.3, 0.4) is 0 Å². The number of carbonyl (C=O) groups is 1. The van der Waals surface area contributed by atoms with E-state index in [1.54, 1.807) is 0 Å². The second-order valence-electron chi connectivity index (χ2n) is 7.68. The first-order valence-electron chi connectivity index (χ1n) is 10.1. The lowest BCUT2D eigenvalue weighted by atomic mass is 10.1. The molecule has 1 saturated heterocycles. The fraction of sp³-hybridized carbons (Fsp3) is 0.348. The molecule has 7 heteroatoms. The van der Waals surface area contributed by atoms with Gasteiger partial charge in [-0.1, -0.05) is 35.0 Å². The van der Waals surface area contributed by atoms with E-state index < -0.39 is 0 Å². The van der Waals surface area contributed by atoms with Crippen LogP contribution in [0.2, 0.25) is 0 Å². The number of esters is 1. The van der Waals surface area contributed by atoms with E-state index in [0.29, 0.717) is 29.9 Å². The quantitative estimate of drug-likeness (QED) is 0.600. The number of carbonyl (C=O) groups excluding carboxylic acids is 1. The van der Waals surface area contributed by atoms with Gasteiger partial charge in [-0.2, -0.15) is 4.98 Å². The Bertz CT molecular complexity index is 998. The summed E-state index contributed by atoms with van der Waals surface area (Å²) in [6, 6.07) is 16.0. The number of aromatic nitrogens is 2. The molecular weight excluding hydrogens is 380 g/mol. The van der Waals surface area contributed by atoms with Crippen molar-refractivity contribution in [3.05, 3.63) is 65.5 Å². The standard InChI is InChI=1S/C23H26N4O3/c1-16-4-6-18(7-5-16)22-24-21(30-25-22)15-26-12-13-27(14-17(26)2)20-10-8-19(9-11-20)23(28)29-3/h4-11,17H,12-15H2,1-3H3. The summed E-state index contributed by atoms with van der Waals surface area (Å²) in [5.41, 5.74) is 3.83. The number of ether oxygens (including phenoxy) is 1. The molecule has 0 saturated carbocycles. The Labute approximate surface area is 176 Å². The van der Waals surface area contributed by atoms with Crippen LogP contribution in [0.15, 0.2) is 53.1 Å². The van der Waals surface area contributed by atoms with Gasteiger partial charge in [-0.05, 0) is 38.1 Å². The summed E-state index contributed by atoms with van der Waals surface area (Å²) in [6.45, 7) is 7.56. The van der Waals surface area contributed by atoms with Crippen LogP contribution in [0, 0.1) is 6.92 Å². The number of nitrogens with zero attached hydrogens (tertiary/aromatic N) is 4. The highest BCUT2D eigenvalue weighted by Gasteiger charge is 2.25. The van der Waals surface area contributed by atoms with Crippen LogP contribution in [0.25, 0.3) is 11.4 Å². The van der Waals surface area contributed by atoms with Gasteiger partial charge >= 0.3 is 5.97 Å². The summed E-state index contributed by atoms with van der Waals surface area (Å²) in [4.78, 5) is 20.9. The van der Waals surface area contributed by atoms with Crippen LogP contribution in [0.4, 0.5) is 5.69 Å². The molecule has 3 aromatic rings. The Morgan fingerprint density at radius 2 is 1.87 bits per heavy atom. The summed E-state index contributed by atoms with van der Waals surface area (Å²) in [6.07, 6.45) is 0. The maximum absolute atomic E-state index is 11.6. The van der Waals surface area contributed by atoms with Gasteiger partial charge in [-0.25, -0.2) is 4.79 Å². The number of rotatable bonds is 5. The average Bonchev–Trinajstić information content (AvgIpc) is 3.24. The van der Waals surface area contributed by atoms with Gasteiger partial charge < -0.3 is 14.2 Å². The van der Waals surface area contributed by atoms with E-state index in [0.717, 1.165) is 30.9 Å². The molecule has 1 aliphatic heterocycles. The summed E-state index contributed by atoms with van der Waals surface area (Å²) in [5, 5.41) is 4.14. The van der Waals surface area contributed by atoms with E-state index in [-0.39, 0.29) is 5.97 Å². The Balaban J connectivity index is 1.37. The van der Waals surface area contributed by atoms with Crippen LogP contribution >= 0.6 is 0 Å². The Morgan fingerprint density at radius 1 is 1.13 bits per heavy atom. The molecule has 0 radical (unpaired) electrons. The molecule has 0 N–H and O–H groups in total. The molecule has 30 heavy (non-hydrogen) atoms. The number of piperazine rings is 1. The highest BCUT2D eigenvalue weighted by atomic mass is 16.5. The number of benzene rings is 2. The maximum Gasteiger partial charge on any atom is 0.337 e. The molecule has 2 aromatic carbocycles. The maximum atomic E-state index is 11.6. The molecule has 2 heterocycles. The van der Waals surface area contributed by atoms with Crippen LogP contribution in [-0.4, -0.2) is 53.8 Å².